The van der Waals surface area contributed by atoms with Crippen LogP contribution in [0.2, 0.25) is 0 Å². The highest BCUT2D eigenvalue weighted by Crippen LogP contribution is 2.25. The lowest BCUT2D eigenvalue weighted by Gasteiger charge is -2.21. The summed E-state index contributed by atoms with van der Waals surface area (Å²) < 4.78 is 5.29. The van der Waals surface area contributed by atoms with Crippen LogP contribution in [0.4, 0.5) is 0 Å². The fourth-order valence-electron chi connectivity index (χ4n) is 1.49. The van der Waals surface area contributed by atoms with Crippen LogP contribution in [-0.4, -0.2) is 18.6 Å². The SMILES string of the molecule is CC(C)OCC(=O)NC(c1cccs1)C(C)C. The molecule has 0 saturated heterocycles. The van der Waals surface area contributed by atoms with Gasteiger partial charge in [0, 0.05) is 4.88 Å². The van der Waals surface area contributed by atoms with E-state index in [0.29, 0.717) is 5.92 Å². The molecule has 96 valence electrons. The maximum Gasteiger partial charge on any atom is 0.246 e. The Morgan fingerprint density at radius 1 is 1.41 bits per heavy atom. The van der Waals surface area contributed by atoms with E-state index in [1.165, 1.54) is 4.88 Å². The number of carbonyl (C=O) groups excluding carboxylic acids is 1. The predicted octanol–water partition coefficient (Wildman–Crippen LogP) is 2.99. The van der Waals surface area contributed by atoms with E-state index >= 15 is 0 Å². The molecule has 0 aliphatic rings. The molecule has 4 heteroatoms. The normalized spacial score (nSPS) is 13.1. The number of amides is 1. The number of hydrogen-bond donors (Lipinski definition) is 1. The summed E-state index contributed by atoms with van der Waals surface area (Å²) in [7, 11) is 0. The van der Waals surface area contributed by atoms with Crippen LogP contribution in [0.5, 0.6) is 0 Å². The van der Waals surface area contributed by atoms with Crippen molar-refractivity contribution < 1.29 is 9.53 Å². The van der Waals surface area contributed by atoms with Crippen molar-refractivity contribution in [3.05, 3.63) is 22.4 Å². The van der Waals surface area contributed by atoms with Gasteiger partial charge in [0.15, 0.2) is 0 Å². The van der Waals surface area contributed by atoms with Gasteiger partial charge in [0.1, 0.15) is 6.61 Å². The summed E-state index contributed by atoms with van der Waals surface area (Å²) in [6.45, 7) is 8.19. The lowest BCUT2D eigenvalue weighted by molar-refractivity contribution is -0.128. The van der Waals surface area contributed by atoms with Gasteiger partial charge in [-0.25, -0.2) is 0 Å². The molecule has 0 aromatic carbocycles. The van der Waals surface area contributed by atoms with Crippen LogP contribution in [-0.2, 0) is 9.53 Å². The fourth-order valence-corrected chi connectivity index (χ4v) is 2.44. The maximum atomic E-state index is 11.7. The minimum atomic E-state index is -0.0502. The molecule has 1 unspecified atom stereocenters. The van der Waals surface area contributed by atoms with Crippen LogP contribution in [0, 0.1) is 5.92 Å². The molecule has 0 aliphatic heterocycles. The third-order valence-electron chi connectivity index (χ3n) is 2.38. The molecule has 3 nitrogen and oxygen atoms in total. The Kier molecular flexibility index (Phi) is 5.65. The van der Waals surface area contributed by atoms with Gasteiger partial charge in [0.25, 0.3) is 0 Å². The summed E-state index contributed by atoms with van der Waals surface area (Å²) in [5.41, 5.74) is 0. The second-order valence-corrected chi connectivity index (χ2v) is 5.64. The molecular formula is C13H21NO2S. The monoisotopic (exact) mass is 255 g/mol. The number of carbonyl (C=O) groups is 1. The molecule has 0 radical (unpaired) electrons. The van der Waals surface area contributed by atoms with Gasteiger partial charge in [0.2, 0.25) is 5.91 Å². The fraction of sp³-hybridized carbons (Fsp3) is 0.615. The zero-order chi connectivity index (χ0) is 12.8. The minimum Gasteiger partial charge on any atom is -0.369 e. The molecule has 0 aliphatic carbocycles. The Labute approximate surface area is 107 Å². The topological polar surface area (TPSA) is 38.3 Å². The van der Waals surface area contributed by atoms with Gasteiger partial charge in [-0.3, -0.25) is 4.79 Å². The van der Waals surface area contributed by atoms with E-state index in [1.807, 2.05) is 25.3 Å². The smallest absolute Gasteiger partial charge is 0.246 e. The van der Waals surface area contributed by atoms with Crippen molar-refractivity contribution in [2.24, 2.45) is 5.92 Å². The first-order valence-corrected chi connectivity index (χ1v) is 6.83. The van der Waals surface area contributed by atoms with E-state index < -0.39 is 0 Å². The highest BCUT2D eigenvalue weighted by Gasteiger charge is 2.19. The highest BCUT2D eigenvalue weighted by atomic mass is 32.1. The van der Waals surface area contributed by atoms with Crippen LogP contribution in [0.25, 0.3) is 0 Å². The zero-order valence-electron chi connectivity index (χ0n) is 10.9. The number of ether oxygens (including phenoxy) is 1. The van der Waals surface area contributed by atoms with Crippen molar-refractivity contribution >= 4 is 17.2 Å². The summed E-state index contributed by atoms with van der Waals surface area (Å²) >= 11 is 1.67. The van der Waals surface area contributed by atoms with Gasteiger partial charge >= 0.3 is 0 Å². The molecular weight excluding hydrogens is 234 g/mol. The van der Waals surface area contributed by atoms with E-state index in [-0.39, 0.29) is 24.7 Å². The van der Waals surface area contributed by atoms with Crippen molar-refractivity contribution in [2.45, 2.75) is 39.8 Å². The average Bonchev–Trinajstić information content (AvgIpc) is 2.75. The molecule has 0 spiro atoms. The molecule has 1 amide bonds. The third kappa shape index (κ3) is 4.88. The van der Waals surface area contributed by atoms with Crippen LogP contribution in [0.3, 0.4) is 0 Å². The van der Waals surface area contributed by atoms with Gasteiger partial charge in [0.05, 0.1) is 12.1 Å². The van der Waals surface area contributed by atoms with Crippen LogP contribution in [0.15, 0.2) is 17.5 Å². The molecule has 0 bridgehead atoms. The summed E-state index contributed by atoms with van der Waals surface area (Å²) in [6.07, 6.45) is 0.0833. The molecule has 1 aromatic rings. The quantitative estimate of drug-likeness (QED) is 0.848. The highest BCUT2D eigenvalue weighted by molar-refractivity contribution is 7.10. The van der Waals surface area contributed by atoms with Crippen LogP contribution in [0.1, 0.15) is 38.6 Å². The Hall–Kier alpha value is -0.870. The molecule has 0 fully saturated rings. The average molecular weight is 255 g/mol. The van der Waals surface area contributed by atoms with Crippen molar-refractivity contribution in [3.8, 4) is 0 Å². The number of thiophene rings is 1. The minimum absolute atomic E-state index is 0.0502. The van der Waals surface area contributed by atoms with Gasteiger partial charge in [-0.15, -0.1) is 11.3 Å². The Morgan fingerprint density at radius 2 is 2.12 bits per heavy atom. The predicted molar refractivity (Wildman–Crippen MR) is 71.1 cm³/mol. The molecule has 1 aromatic heterocycles. The zero-order valence-corrected chi connectivity index (χ0v) is 11.7. The lowest BCUT2D eigenvalue weighted by Crippen LogP contribution is -2.34. The second-order valence-electron chi connectivity index (χ2n) is 4.66. The van der Waals surface area contributed by atoms with Crippen molar-refractivity contribution in [2.75, 3.05) is 6.61 Å². The summed E-state index contributed by atoms with van der Waals surface area (Å²) in [5.74, 6) is 0.322. The largest absolute Gasteiger partial charge is 0.369 e. The third-order valence-corrected chi connectivity index (χ3v) is 3.34. The maximum absolute atomic E-state index is 11.7. The number of rotatable bonds is 6. The Morgan fingerprint density at radius 3 is 2.59 bits per heavy atom. The summed E-state index contributed by atoms with van der Waals surface area (Å²) in [4.78, 5) is 12.9. The molecule has 1 atom stereocenters. The van der Waals surface area contributed by atoms with E-state index in [0.717, 1.165) is 0 Å². The molecule has 1 heterocycles. The number of hydrogen-bond acceptors (Lipinski definition) is 3. The Bertz CT molecular complexity index is 333. The van der Waals surface area contributed by atoms with Gasteiger partial charge in [-0.05, 0) is 31.2 Å². The standard InChI is InChI=1S/C13H21NO2S/c1-9(2)13(11-6-5-7-17-11)14-12(15)8-16-10(3)4/h5-7,9-10,13H,8H2,1-4H3,(H,14,15). The van der Waals surface area contributed by atoms with Crippen molar-refractivity contribution in [3.63, 3.8) is 0 Å². The lowest BCUT2D eigenvalue weighted by atomic mass is 10.0. The molecule has 1 N–H and O–H groups in total. The van der Waals surface area contributed by atoms with Gasteiger partial charge in [-0.1, -0.05) is 19.9 Å². The van der Waals surface area contributed by atoms with E-state index in [2.05, 4.69) is 25.2 Å². The van der Waals surface area contributed by atoms with E-state index in [9.17, 15) is 4.79 Å². The first-order chi connectivity index (χ1) is 8.00. The van der Waals surface area contributed by atoms with Crippen LogP contribution < -0.4 is 5.32 Å². The van der Waals surface area contributed by atoms with Gasteiger partial charge < -0.3 is 10.1 Å². The summed E-state index contributed by atoms with van der Waals surface area (Å²) in [5, 5.41) is 5.05. The summed E-state index contributed by atoms with van der Waals surface area (Å²) in [6, 6.07) is 4.14. The number of nitrogens with one attached hydrogen (secondary N) is 1. The first-order valence-electron chi connectivity index (χ1n) is 5.95. The Balaban J connectivity index is 2.53. The van der Waals surface area contributed by atoms with E-state index in [1.54, 1.807) is 11.3 Å². The van der Waals surface area contributed by atoms with Crippen LogP contribution >= 0.6 is 11.3 Å². The van der Waals surface area contributed by atoms with E-state index in [4.69, 9.17) is 4.74 Å². The molecule has 1 rings (SSSR count). The van der Waals surface area contributed by atoms with Crippen molar-refractivity contribution in [1.29, 1.82) is 0 Å². The molecule has 17 heavy (non-hydrogen) atoms. The second kappa shape index (κ2) is 6.77. The van der Waals surface area contributed by atoms with Gasteiger partial charge in [-0.2, -0.15) is 0 Å². The van der Waals surface area contributed by atoms with Crippen molar-refractivity contribution in [1.82, 2.24) is 5.32 Å². The molecule has 0 saturated carbocycles. The first kappa shape index (κ1) is 14.2.